The largest absolute Gasteiger partial charge is 0.478 e. The van der Waals surface area contributed by atoms with Crippen LogP contribution in [-0.4, -0.2) is 27.6 Å². The van der Waals surface area contributed by atoms with Crippen LogP contribution in [0.15, 0.2) is 23.7 Å². The Morgan fingerprint density at radius 2 is 2.33 bits per heavy atom. The van der Waals surface area contributed by atoms with Crippen molar-refractivity contribution in [3.8, 4) is 0 Å². The number of carbonyl (C=O) groups is 1. The average molecular weight is 263 g/mol. The maximum absolute atomic E-state index is 10.8. The lowest BCUT2D eigenvalue weighted by molar-refractivity contribution is 0.0695. The zero-order valence-corrected chi connectivity index (χ0v) is 10.7. The van der Waals surface area contributed by atoms with Crippen LogP contribution in [-0.2, 0) is 6.42 Å². The summed E-state index contributed by atoms with van der Waals surface area (Å²) in [6, 6.07) is 3.24. The van der Waals surface area contributed by atoms with Crippen LogP contribution in [0.4, 0.5) is 5.82 Å². The second kappa shape index (κ2) is 5.59. The molecule has 2 rings (SSSR count). The molecule has 0 saturated carbocycles. The molecule has 0 aliphatic heterocycles. The highest BCUT2D eigenvalue weighted by Gasteiger charge is 2.08. The number of nitrogens with one attached hydrogen (secondary N) is 1. The first kappa shape index (κ1) is 12.5. The van der Waals surface area contributed by atoms with Crippen LogP contribution in [0.1, 0.15) is 21.1 Å². The van der Waals surface area contributed by atoms with Crippen LogP contribution >= 0.6 is 11.3 Å². The molecule has 2 N–H and O–H groups in total. The molecule has 6 heteroatoms. The Morgan fingerprint density at radius 3 is 2.94 bits per heavy atom. The van der Waals surface area contributed by atoms with Crippen LogP contribution in [0.2, 0.25) is 0 Å². The number of carboxylic acid groups (broad SMARTS) is 1. The smallest absolute Gasteiger partial charge is 0.337 e. The molecule has 0 unspecified atom stereocenters. The minimum absolute atomic E-state index is 0.237. The van der Waals surface area contributed by atoms with Gasteiger partial charge < -0.3 is 10.4 Å². The summed E-state index contributed by atoms with van der Waals surface area (Å²) in [5.74, 6) is -0.261. The molecule has 0 fully saturated rings. The number of rotatable bonds is 5. The van der Waals surface area contributed by atoms with Crippen molar-refractivity contribution in [2.75, 3.05) is 11.9 Å². The predicted octanol–water partition coefficient (Wildman–Crippen LogP) is 2.20. The van der Waals surface area contributed by atoms with E-state index in [4.69, 9.17) is 5.11 Å². The van der Waals surface area contributed by atoms with Crippen molar-refractivity contribution in [2.45, 2.75) is 13.3 Å². The van der Waals surface area contributed by atoms with Crippen molar-refractivity contribution in [3.63, 3.8) is 0 Å². The number of nitrogens with zero attached hydrogens (tertiary/aromatic N) is 2. The first-order valence-corrected chi connectivity index (χ1v) is 6.38. The van der Waals surface area contributed by atoms with E-state index in [0.717, 1.165) is 18.0 Å². The van der Waals surface area contributed by atoms with E-state index in [1.54, 1.807) is 36.6 Å². The van der Waals surface area contributed by atoms with Crippen LogP contribution in [0, 0.1) is 6.92 Å². The zero-order chi connectivity index (χ0) is 13.0. The number of hydrogen-bond donors (Lipinski definition) is 2. The molecule has 0 bridgehead atoms. The predicted molar refractivity (Wildman–Crippen MR) is 70.2 cm³/mol. The number of thiazole rings is 1. The maximum Gasteiger partial charge on any atom is 0.337 e. The summed E-state index contributed by atoms with van der Waals surface area (Å²) in [7, 11) is 0. The number of carboxylic acids is 1. The number of aryl methyl sites for hydroxylation is 1. The van der Waals surface area contributed by atoms with E-state index >= 15 is 0 Å². The van der Waals surface area contributed by atoms with Gasteiger partial charge in [-0.3, -0.25) is 0 Å². The quantitative estimate of drug-likeness (QED) is 0.865. The Balaban J connectivity index is 1.94. The summed E-state index contributed by atoms with van der Waals surface area (Å²) < 4.78 is 0. The highest BCUT2D eigenvalue weighted by molar-refractivity contribution is 7.09. The molecular formula is C12H13N3O2S. The van der Waals surface area contributed by atoms with E-state index in [-0.39, 0.29) is 5.56 Å². The standard InChI is InChI=1S/C12H13N3O2S/c1-8-9(12(16)17)2-3-10(15-8)13-5-4-11-14-6-7-18-11/h2-3,6-7H,4-5H2,1H3,(H,13,15)(H,16,17). The number of hydrogen-bond acceptors (Lipinski definition) is 5. The van der Waals surface area contributed by atoms with Gasteiger partial charge >= 0.3 is 5.97 Å². The Kier molecular flexibility index (Phi) is 3.88. The highest BCUT2D eigenvalue weighted by atomic mass is 32.1. The third-order valence-electron chi connectivity index (χ3n) is 2.44. The topological polar surface area (TPSA) is 75.1 Å². The lowest BCUT2D eigenvalue weighted by Crippen LogP contribution is -2.08. The molecule has 0 radical (unpaired) electrons. The van der Waals surface area contributed by atoms with Crippen LogP contribution < -0.4 is 5.32 Å². The summed E-state index contributed by atoms with van der Waals surface area (Å²) >= 11 is 1.62. The van der Waals surface area contributed by atoms with E-state index in [9.17, 15) is 4.79 Å². The van der Waals surface area contributed by atoms with Gasteiger partial charge in [0.2, 0.25) is 0 Å². The van der Waals surface area contributed by atoms with E-state index in [0.29, 0.717) is 11.5 Å². The molecular weight excluding hydrogens is 250 g/mol. The Hall–Kier alpha value is -1.95. The molecule has 2 aromatic rings. The summed E-state index contributed by atoms with van der Waals surface area (Å²) in [5.41, 5.74) is 0.752. The summed E-state index contributed by atoms with van der Waals surface area (Å²) in [5, 5.41) is 15.1. The molecule has 18 heavy (non-hydrogen) atoms. The number of anilines is 1. The van der Waals surface area contributed by atoms with E-state index in [1.807, 2.05) is 5.38 Å². The number of aromatic nitrogens is 2. The van der Waals surface area contributed by atoms with E-state index in [2.05, 4.69) is 15.3 Å². The Morgan fingerprint density at radius 1 is 1.50 bits per heavy atom. The Labute approximate surface area is 109 Å². The van der Waals surface area contributed by atoms with Gasteiger partial charge in [0.1, 0.15) is 5.82 Å². The van der Waals surface area contributed by atoms with Gasteiger partial charge in [0.25, 0.3) is 0 Å². The molecule has 5 nitrogen and oxygen atoms in total. The molecule has 0 aliphatic rings. The average Bonchev–Trinajstić information content (AvgIpc) is 2.81. The van der Waals surface area contributed by atoms with E-state index in [1.165, 1.54) is 0 Å². The highest BCUT2D eigenvalue weighted by Crippen LogP contribution is 2.11. The van der Waals surface area contributed by atoms with Crippen molar-refractivity contribution < 1.29 is 9.90 Å². The molecule has 2 aromatic heterocycles. The third-order valence-corrected chi connectivity index (χ3v) is 3.28. The second-order valence-electron chi connectivity index (χ2n) is 3.74. The molecule has 0 spiro atoms. The van der Waals surface area contributed by atoms with Gasteiger partial charge in [-0.2, -0.15) is 0 Å². The maximum atomic E-state index is 10.8. The van der Waals surface area contributed by atoms with Crippen molar-refractivity contribution in [1.82, 2.24) is 9.97 Å². The fraction of sp³-hybridized carbons (Fsp3) is 0.250. The van der Waals surface area contributed by atoms with Gasteiger partial charge in [-0.15, -0.1) is 11.3 Å². The number of pyridine rings is 1. The summed E-state index contributed by atoms with van der Waals surface area (Å²) in [4.78, 5) is 19.2. The first-order valence-electron chi connectivity index (χ1n) is 5.50. The van der Waals surface area contributed by atoms with Crippen molar-refractivity contribution in [3.05, 3.63) is 40.0 Å². The van der Waals surface area contributed by atoms with E-state index < -0.39 is 5.97 Å². The van der Waals surface area contributed by atoms with Gasteiger partial charge in [0, 0.05) is 24.5 Å². The van der Waals surface area contributed by atoms with Crippen molar-refractivity contribution >= 4 is 23.1 Å². The Bertz CT molecular complexity index is 540. The third kappa shape index (κ3) is 3.04. The SMILES string of the molecule is Cc1nc(NCCc2nccs2)ccc1C(=O)O. The molecule has 0 amide bonds. The number of aromatic carboxylic acids is 1. The molecule has 2 heterocycles. The lowest BCUT2D eigenvalue weighted by atomic mass is 10.2. The van der Waals surface area contributed by atoms with Crippen molar-refractivity contribution in [2.24, 2.45) is 0 Å². The fourth-order valence-corrected chi connectivity index (χ4v) is 2.18. The molecule has 94 valence electrons. The van der Waals surface area contributed by atoms with Crippen LogP contribution in [0.25, 0.3) is 0 Å². The second-order valence-corrected chi connectivity index (χ2v) is 4.72. The minimum atomic E-state index is -0.950. The van der Waals surface area contributed by atoms with Crippen molar-refractivity contribution in [1.29, 1.82) is 0 Å². The molecule has 0 aliphatic carbocycles. The molecule has 0 aromatic carbocycles. The minimum Gasteiger partial charge on any atom is -0.478 e. The summed E-state index contributed by atoms with van der Waals surface area (Å²) in [6.07, 6.45) is 2.61. The van der Waals surface area contributed by atoms with Gasteiger partial charge in [-0.1, -0.05) is 0 Å². The van der Waals surface area contributed by atoms with Gasteiger partial charge in [0.15, 0.2) is 0 Å². The molecule has 0 atom stereocenters. The van der Waals surface area contributed by atoms with Crippen LogP contribution in [0.5, 0.6) is 0 Å². The van der Waals surface area contributed by atoms with Gasteiger partial charge in [-0.25, -0.2) is 14.8 Å². The molecule has 0 saturated heterocycles. The first-order chi connectivity index (χ1) is 8.66. The normalized spacial score (nSPS) is 10.3. The van der Waals surface area contributed by atoms with Gasteiger partial charge in [0.05, 0.1) is 16.3 Å². The lowest BCUT2D eigenvalue weighted by Gasteiger charge is -2.06. The fourth-order valence-electron chi connectivity index (χ4n) is 1.56. The van der Waals surface area contributed by atoms with Gasteiger partial charge in [-0.05, 0) is 19.1 Å². The van der Waals surface area contributed by atoms with Crippen LogP contribution in [0.3, 0.4) is 0 Å². The summed E-state index contributed by atoms with van der Waals surface area (Å²) in [6.45, 7) is 2.42. The zero-order valence-electron chi connectivity index (χ0n) is 9.88. The monoisotopic (exact) mass is 263 g/mol.